The highest BCUT2D eigenvalue weighted by Gasteiger charge is 2.22. The van der Waals surface area contributed by atoms with Crippen LogP contribution in [0.25, 0.3) is 10.9 Å². The highest BCUT2D eigenvalue weighted by molar-refractivity contribution is 6.31. The molecule has 1 N–H and O–H groups in total. The molecule has 0 spiro atoms. The topological polar surface area (TPSA) is 15.8 Å². The minimum absolute atomic E-state index is 0.0559. The lowest BCUT2D eigenvalue weighted by atomic mass is 9.92. The molecule has 1 atom stereocenters. The van der Waals surface area contributed by atoms with Gasteiger partial charge in [0.05, 0.1) is 5.02 Å². The summed E-state index contributed by atoms with van der Waals surface area (Å²) in [6.45, 7) is 3.90. The Labute approximate surface area is 149 Å². The maximum Gasteiger partial charge on any atom is 0.162 e. The highest BCUT2D eigenvalue weighted by Crippen LogP contribution is 2.35. The van der Waals surface area contributed by atoms with E-state index in [1.54, 1.807) is 12.1 Å². The zero-order valence-corrected chi connectivity index (χ0v) is 14.9. The van der Waals surface area contributed by atoms with Gasteiger partial charge in [0.1, 0.15) is 5.82 Å². The van der Waals surface area contributed by atoms with Crippen LogP contribution in [-0.4, -0.2) is 4.98 Å². The Hall–Kier alpha value is -1.94. The van der Waals surface area contributed by atoms with Gasteiger partial charge < -0.3 is 4.98 Å². The van der Waals surface area contributed by atoms with Crippen molar-refractivity contribution < 1.29 is 13.2 Å². The zero-order valence-electron chi connectivity index (χ0n) is 14.1. The van der Waals surface area contributed by atoms with Crippen molar-refractivity contribution in [2.75, 3.05) is 0 Å². The van der Waals surface area contributed by atoms with Crippen molar-refractivity contribution in [1.29, 1.82) is 0 Å². The number of nitrogens with one attached hydrogen (secondary N) is 1. The number of H-pyrrole nitrogens is 1. The van der Waals surface area contributed by atoms with Crippen LogP contribution in [0.1, 0.15) is 49.4 Å². The normalized spacial score (nSPS) is 12.7. The number of aromatic amines is 1. The van der Waals surface area contributed by atoms with Gasteiger partial charge in [0.15, 0.2) is 11.6 Å². The number of unbranched alkanes of at least 4 members (excludes halogenated alkanes) is 1. The molecule has 1 nitrogen and oxygen atoms in total. The molecule has 132 valence electrons. The zero-order chi connectivity index (χ0) is 18.1. The van der Waals surface area contributed by atoms with Crippen LogP contribution in [0.4, 0.5) is 13.2 Å². The van der Waals surface area contributed by atoms with E-state index in [9.17, 15) is 13.2 Å². The van der Waals surface area contributed by atoms with E-state index < -0.39 is 23.4 Å². The van der Waals surface area contributed by atoms with Gasteiger partial charge in [0, 0.05) is 22.5 Å². The van der Waals surface area contributed by atoms with Crippen LogP contribution in [0, 0.1) is 17.5 Å². The molecule has 25 heavy (non-hydrogen) atoms. The number of hydrogen-bond acceptors (Lipinski definition) is 0. The first-order valence-electron chi connectivity index (χ1n) is 8.37. The Bertz CT molecular complexity index is 917. The summed E-state index contributed by atoms with van der Waals surface area (Å²) in [6, 6.07) is 7.13. The molecule has 3 rings (SSSR count). The Morgan fingerprint density at radius 3 is 2.60 bits per heavy atom. The number of rotatable bonds is 5. The van der Waals surface area contributed by atoms with Crippen molar-refractivity contribution in [2.45, 2.75) is 39.0 Å². The molecule has 0 saturated carbocycles. The number of aryl methyl sites for hydroxylation is 1. The summed E-state index contributed by atoms with van der Waals surface area (Å²) in [6.07, 6.45) is 2.69. The monoisotopic (exact) mass is 365 g/mol. The molecule has 0 fully saturated rings. The summed E-state index contributed by atoms with van der Waals surface area (Å²) in [7, 11) is 0. The van der Waals surface area contributed by atoms with Crippen LogP contribution >= 0.6 is 11.6 Å². The standard InChI is InChI=1S/C20H19ClF3N/c1-3-4-6-13-14-9-15(21)17(23)10-18(14)25-20(13)11(2)12-7-5-8-16(22)19(12)24/h5,7-11,25H,3-4,6H2,1-2H3. The van der Waals surface area contributed by atoms with Crippen molar-refractivity contribution >= 4 is 22.5 Å². The van der Waals surface area contributed by atoms with Crippen molar-refractivity contribution in [3.63, 3.8) is 0 Å². The third-order valence-corrected chi connectivity index (χ3v) is 4.93. The minimum Gasteiger partial charge on any atom is -0.358 e. The van der Waals surface area contributed by atoms with E-state index in [0.29, 0.717) is 5.52 Å². The maximum atomic E-state index is 14.2. The molecule has 5 heteroatoms. The molecule has 0 aliphatic carbocycles. The van der Waals surface area contributed by atoms with E-state index in [0.717, 1.165) is 42.0 Å². The van der Waals surface area contributed by atoms with Gasteiger partial charge in [-0.2, -0.15) is 0 Å². The van der Waals surface area contributed by atoms with Gasteiger partial charge in [0.2, 0.25) is 0 Å². The quantitative estimate of drug-likeness (QED) is 0.515. The third kappa shape index (κ3) is 3.28. The summed E-state index contributed by atoms with van der Waals surface area (Å²) in [5.41, 5.74) is 2.65. The lowest BCUT2D eigenvalue weighted by Crippen LogP contribution is -2.04. The first-order chi connectivity index (χ1) is 11.9. The van der Waals surface area contributed by atoms with Gasteiger partial charge in [-0.3, -0.25) is 0 Å². The van der Waals surface area contributed by atoms with Gasteiger partial charge in [0.25, 0.3) is 0 Å². The largest absolute Gasteiger partial charge is 0.358 e. The molecule has 1 heterocycles. The van der Waals surface area contributed by atoms with Crippen LogP contribution in [0.5, 0.6) is 0 Å². The lowest BCUT2D eigenvalue weighted by Gasteiger charge is -2.15. The molecular weight excluding hydrogens is 347 g/mol. The van der Waals surface area contributed by atoms with Gasteiger partial charge in [-0.05, 0) is 42.2 Å². The van der Waals surface area contributed by atoms with Crippen molar-refractivity contribution in [3.05, 3.63) is 69.6 Å². The van der Waals surface area contributed by atoms with Crippen LogP contribution in [0.2, 0.25) is 5.02 Å². The van der Waals surface area contributed by atoms with E-state index >= 15 is 0 Å². The Morgan fingerprint density at radius 2 is 1.88 bits per heavy atom. The average Bonchev–Trinajstić information content (AvgIpc) is 2.92. The molecule has 0 saturated heterocycles. The predicted molar refractivity (Wildman–Crippen MR) is 95.8 cm³/mol. The molecule has 1 unspecified atom stereocenters. The molecular formula is C20H19ClF3N. The molecule has 0 aliphatic heterocycles. The molecule has 2 aromatic carbocycles. The molecule has 0 radical (unpaired) electrons. The SMILES string of the molecule is CCCCc1c(C(C)c2cccc(F)c2F)[nH]c2cc(F)c(Cl)cc12. The van der Waals surface area contributed by atoms with Crippen LogP contribution < -0.4 is 0 Å². The second-order valence-corrected chi connectivity index (χ2v) is 6.70. The fourth-order valence-corrected chi connectivity index (χ4v) is 3.43. The van der Waals surface area contributed by atoms with Gasteiger partial charge in [-0.15, -0.1) is 0 Å². The predicted octanol–water partition coefficient (Wildman–Crippen LogP) is 6.73. The van der Waals surface area contributed by atoms with E-state index in [1.165, 1.54) is 12.1 Å². The first kappa shape index (κ1) is 17.9. The minimum atomic E-state index is -0.871. The van der Waals surface area contributed by atoms with Gasteiger partial charge >= 0.3 is 0 Å². The lowest BCUT2D eigenvalue weighted by molar-refractivity contribution is 0.495. The van der Waals surface area contributed by atoms with Crippen LogP contribution in [0.15, 0.2) is 30.3 Å². The van der Waals surface area contributed by atoms with Crippen LogP contribution in [0.3, 0.4) is 0 Å². The van der Waals surface area contributed by atoms with Crippen molar-refractivity contribution in [1.82, 2.24) is 4.98 Å². The van der Waals surface area contributed by atoms with Gasteiger partial charge in [-0.1, -0.05) is 44.0 Å². The fourth-order valence-electron chi connectivity index (χ4n) is 3.27. The Balaban J connectivity index is 2.18. The van der Waals surface area contributed by atoms with Crippen molar-refractivity contribution in [3.8, 4) is 0 Å². The van der Waals surface area contributed by atoms with Crippen LogP contribution in [-0.2, 0) is 6.42 Å². The van der Waals surface area contributed by atoms with E-state index in [4.69, 9.17) is 11.6 Å². The summed E-state index contributed by atoms with van der Waals surface area (Å²) >= 11 is 5.95. The summed E-state index contributed by atoms with van der Waals surface area (Å²) < 4.78 is 41.7. The summed E-state index contributed by atoms with van der Waals surface area (Å²) in [4.78, 5) is 3.20. The number of benzene rings is 2. The number of fused-ring (bicyclic) bond motifs is 1. The Morgan fingerprint density at radius 1 is 1.12 bits per heavy atom. The smallest absolute Gasteiger partial charge is 0.162 e. The van der Waals surface area contributed by atoms with E-state index in [1.807, 2.05) is 6.92 Å². The highest BCUT2D eigenvalue weighted by atomic mass is 35.5. The summed E-state index contributed by atoms with van der Waals surface area (Å²) in [5, 5.41) is 0.888. The molecule has 3 aromatic rings. The molecule has 0 amide bonds. The number of halogens is 4. The average molecular weight is 366 g/mol. The molecule has 0 bridgehead atoms. The van der Waals surface area contributed by atoms with Gasteiger partial charge in [-0.25, -0.2) is 13.2 Å². The molecule has 1 aromatic heterocycles. The third-order valence-electron chi connectivity index (χ3n) is 4.64. The number of hydrogen-bond donors (Lipinski definition) is 1. The fraction of sp³-hybridized carbons (Fsp3) is 0.300. The summed E-state index contributed by atoms with van der Waals surface area (Å²) in [5.74, 6) is -2.62. The van der Waals surface area contributed by atoms with Crippen molar-refractivity contribution in [2.24, 2.45) is 0 Å². The second kappa shape index (κ2) is 7.12. The first-order valence-corrected chi connectivity index (χ1v) is 8.75. The maximum absolute atomic E-state index is 14.2. The number of aromatic nitrogens is 1. The second-order valence-electron chi connectivity index (χ2n) is 6.30. The van der Waals surface area contributed by atoms with E-state index in [-0.39, 0.29) is 10.6 Å². The van der Waals surface area contributed by atoms with E-state index in [2.05, 4.69) is 11.9 Å². The molecule has 0 aliphatic rings. The Kier molecular flexibility index (Phi) is 5.09.